The van der Waals surface area contributed by atoms with Gasteiger partial charge in [-0.3, -0.25) is 14.2 Å². The number of guanidine groups is 1. The molecule has 32 heavy (non-hydrogen) atoms. The lowest BCUT2D eigenvalue weighted by Crippen LogP contribution is -2.42. The second-order valence-corrected chi connectivity index (χ2v) is 8.41. The summed E-state index contributed by atoms with van der Waals surface area (Å²) in [6.45, 7) is 3.32. The molecule has 2 aliphatic heterocycles. The second-order valence-electron chi connectivity index (χ2n) is 8.41. The molecule has 0 bridgehead atoms. The van der Waals surface area contributed by atoms with Gasteiger partial charge in [-0.25, -0.2) is 0 Å². The molecule has 1 fully saturated rings. The van der Waals surface area contributed by atoms with Crippen molar-refractivity contribution >= 4 is 23.2 Å². The van der Waals surface area contributed by atoms with E-state index in [1.165, 1.54) is 11.3 Å². The summed E-state index contributed by atoms with van der Waals surface area (Å²) in [7, 11) is 1.83. The van der Waals surface area contributed by atoms with Crippen LogP contribution >= 0.6 is 0 Å². The molecule has 1 N–H and O–H groups in total. The summed E-state index contributed by atoms with van der Waals surface area (Å²) in [6.07, 6.45) is 5.41. The molecule has 0 radical (unpaired) electrons. The minimum atomic E-state index is 0.298. The van der Waals surface area contributed by atoms with E-state index >= 15 is 0 Å². The molecule has 8 heteroatoms. The number of hydrogen-bond donors (Lipinski definition) is 1. The van der Waals surface area contributed by atoms with Gasteiger partial charge >= 0.3 is 0 Å². The van der Waals surface area contributed by atoms with Gasteiger partial charge in [0.1, 0.15) is 5.82 Å². The number of pyridine rings is 1. The molecule has 0 aliphatic carbocycles. The first-order valence-electron chi connectivity index (χ1n) is 11.4. The molecule has 1 aromatic carbocycles. The highest BCUT2D eigenvalue weighted by molar-refractivity contribution is 5.98. The average molecular weight is 432 g/mol. The minimum absolute atomic E-state index is 0.298. The predicted octanol–water partition coefficient (Wildman–Crippen LogP) is 2.46. The maximum atomic E-state index is 12.0. The monoisotopic (exact) mass is 431 g/mol. The van der Waals surface area contributed by atoms with Crippen LogP contribution < -0.4 is 10.2 Å². The summed E-state index contributed by atoms with van der Waals surface area (Å²) in [4.78, 5) is 20.9. The Hall–Kier alpha value is -3.42. The third-order valence-electron chi connectivity index (χ3n) is 6.47. The van der Waals surface area contributed by atoms with Crippen LogP contribution in [0.15, 0.2) is 53.7 Å². The first-order valence-corrected chi connectivity index (χ1v) is 11.4. The van der Waals surface area contributed by atoms with Gasteiger partial charge in [-0.1, -0.05) is 24.3 Å². The van der Waals surface area contributed by atoms with Crippen LogP contribution in [0.3, 0.4) is 0 Å². The number of rotatable bonds is 6. The van der Waals surface area contributed by atoms with E-state index in [0.717, 1.165) is 56.3 Å². The van der Waals surface area contributed by atoms with Crippen molar-refractivity contribution in [1.82, 2.24) is 24.8 Å². The van der Waals surface area contributed by atoms with Crippen LogP contribution in [0.5, 0.6) is 0 Å². The van der Waals surface area contributed by atoms with Crippen molar-refractivity contribution in [3.8, 4) is 0 Å². The fraction of sp³-hybridized carbons (Fsp3) is 0.417. The van der Waals surface area contributed by atoms with E-state index in [1.54, 1.807) is 0 Å². The number of aliphatic imine (C=N–C) groups is 1. The van der Waals surface area contributed by atoms with Gasteiger partial charge in [0.05, 0.1) is 0 Å². The number of likely N-dealkylation sites (tertiary alicyclic amines) is 1. The molecular weight excluding hydrogens is 402 g/mol. The summed E-state index contributed by atoms with van der Waals surface area (Å²) in [5.74, 6) is 2.48. The Kier molecular flexibility index (Phi) is 5.75. The summed E-state index contributed by atoms with van der Waals surface area (Å²) in [6, 6.07) is 14.5. The van der Waals surface area contributed by atoms with Crippen molar-refractivity contribution < 1.29 is 4.79 Å². The number of anilines is 1. The number of carbonyl (C=O) groups is 1. The van der Waals surface area contributed by atoms with Crippen LogP contribution in [0.25, 0.3) is 5.65 Å². The Morgan fingerprint density at radius 3 is 2.91 bits per heavy atom. The Morgan fingerprint density at radius 1 is 1.19 bits per heavy atom. The maximum Gasteiger partial charge on any atom is 0.222 e. The summed E-state index contributed by atoms with van der Waals surface area (Å²) < 4.78 is 2.02. The molecule has 1 amide bonds. The average Bonchev–Trinajstić information content (AvgIpc) is 3.53. The van der Waals surface area contributed by atoms with E-state index in [1.807, 2.05) is 40.7 Å². The molecule has 3 aromatic rings. The zero-order chi connectivity index (χ0) is 21.9. The van der Waals surface area contributed by atoms with E-state index in [9.17, 15) is 4.79 Å². The molecule has 1 atom stereocenters. The van der Waals surface area contributed by atoms with Gasteiger partial charge in [0.25, 0.3) is 0 Å². The fourth-order valence-electron chi connectivity index (χ4n) is 4.84. The topological polar surface area (TPSA) is 78.1 Å². The maximum absolute atomic E-state index is 12.0. The highest BCUT2D eigenvalue weighted by Gasteiger charge is 2.32. The normalized spacial score (nSPS) is 18.6. The molecule has 2 aliphatic rings. The zero-order valence-electron chi connectivity index (χ0n) is 18.4. The van der Waals surface area contributed by atoms with Gasteiger partial charge in [-0.15, -0.1) is 10.2 Å². The molecule has 1 saturated heterocycles. The van der Waals surface area contributed by atoms with Crippen molar-refractivity contribution in [2.75, 3.05) is 38.1 Å². The van der Waals surface area contributed by atoms with Crippen LogP contribution in [-0.4, -0.2) is 64.6 Å². The highest BCUT2D eigenvalue weighted by atomic mass is 16.2. The second kappa shape index (κ2) is 8.98. The minimum Gasteiger partial charge on any atom is -0.355 e. The summed E-state index contributed by atoms with van der Waals surface area (Å²) in [5, 5.41) is 12.1. The van der Waals surface area contributed by atoms with Crippen LogP contribution in [0.1, 0.15) is 36.6 Å². The Labute approximate surface area is 188 Å². The lowest BCUT2D eigenvalue weighted by atomic mass is 9.98. The number of fused-ring (bicyclic) bond motifs is 2. The van der Waals surface area contributed by atoms with Crippen LogP contribution in [0.2, 0.25) is 0 Å². The largest absolute Gasteiger partial charge is 0.355 e. The SMILES string of the molecule is CN=C(NCCc1nnc2ccccn12)N1CC(CCN2CCCC2=O)c2ccccc21. The van der Waals surface area contributed by atoms with Crippen LogP contribution in [0, 0.1) is 0 Å². The predicted molar refractivity (Wildman–Crippen MR) is 125 cm³/mol. The van der Waals surface area contributed by atoms with Crippen molar-refractivity contribution in [1.29, 1.82) is 0 Å². The number of hydrogen-bond acceptors (Lipinski definition) is 4. The standard InChI is InChI=1S/C24H29N7O/c1-25-24(26-13-11-22-28-27-21-9-4-5-15-30(21)22)31-17-18(19-7-2-3-8-20(19)31)12-16-29-14-6-10-23(29)32/h2-5,7-9,15,18H,6,10-14,16-17H2,1H3,(H,25,26). The Balaban J connectivity index is 1.24. The van der Waals surface area contributed by atoms with Crippen molar-refractivity contribution in [2.45, 2.75) is 31.6 Å². The molecule has 8 nitrogen and oxygen atoms in total. The molecule has 166 valence electrons. The molecule has 1 unspecified atom stereocenters. The van der Waals surface area contributed by atoms with Crippen molar-refractivity contribution in [2.24, 2.45) is 4.99 Å². The van der Waals surface area contributed by atoms with E-state index in [0.29, 0.717) is 24.8 Å². The van der Waals surface area contributed by atoms with Gasteiger partial charge < -0.3 is 15.1 Å². The lowest BCUT2D eigenvalue weighted by Gasteiger charge is -2.23. The van der Waals surface area contributed by atoms with Gasteiger partial charge in [0, 0.05) is 63.9 Å². The number of amides is 1. The van der Waals surface area contributed by atoms with E-state index in [2.05, 4.69) is 49.7 Å². The number of aromatic nitrogens is 3. The number of carbonyl (C=O) groups excluding carboxylic acids is 1. The van der Waals surface area contributed by atoms with E-state index < -0.39 is 0 Å². The fourth-order valence-corrected chi connectivity index (χ4v) is 4.84. The number of nitrogens with zero attached hydrogens (tertiary/aromatic N) is 6. The molecule has 0 spiro atoms. The molecular formula is C24H29N7O. The van der Waals surface area contributed by atoms with E-state index in [-0.39, 0.29) is 0 Å². The van der Waals surface area contributed by atoms with Crippen molar-refractivity contribution in [3.63, 3.8) is 0 Å². The summed E-state index contributed by atoms with van der Waals surface area (Å²) >= 11 is 0. The first-order chi connectivity index (χ1) is 15.7. The molecule has 5 rings (SSSR count). The third-order valence-corrected chi connectivity index (χ3v) is 6.47. The van der Waals surface area contributed by atoms with Crippen LogP contribution in [0.4, 0.5) is 5.69 Å². The van der Waals surface area contributed by atoms with Gasteiger partial charge in [0.2, 0.25) is 5.91 Å². The molecule has 2 aromatic heterocycles. The van der Waals surface area contributed by atoms with Gasteiger partial charge in [-0.2, -0.15) is 0 Å². The number of benzene rings is 1. The lowest BCUT2D eigenvalue weighted by molar-refractivity contribution is -0.127. The molecule has 4 heterocycles. The van der Waals surface area contributed by atoms with Crippen LogP contribution in [-0.2, 0) is 11.2 Å². The number of para-hydroxylation sites is 1. The van der Waals surface area contributed by atoms with Gasteiger partial charge in [-0.05, 0) is 36.6 Å². The highest BCUT2D eigenvalue weighted by Crippen LogP contribution is 2.38. The zero-order valence-corrected chi connectivity index (χ0v) is 18.4. The van der Waals surface area contributed by atoms with Crippen molar-refractivity contribution in [3.05, 3.63) is 60.0 Å². The smallest absolute Gasteiger partial charge is 0.222 e. The Bertz CT molecular complexity index is 1140. The first kappa shape index (κ1) is 20.5. The van der Waals surface area contributed by atoms with Gasteiger partial charge in [0.15, 0.2) is 11.6 Å². The molecule has 0 saturated carbocycles. The summed E-state index contributed by atoms with van der Waals surface area (Å²) in [5.41, 5.74) is 3.40. The van der Waals surface area contributed by atoms with E-state index in [4.69, 9.17) is 0 Å². The third kappa shape index (κ3) is 3.92. The quantitative estimate of drug-likeness (QED) is 0.479. The number of nitrogens with one attached hydrogen (secondary N) is 1. The Morgan fingerprint density at radius 2 is 2.06 bits per heavy atom.